The number of methoxy groups -OCH3 is 1. The van der Waals surface area contributed by atoms with Crippen LogP contribution in [0.25, 0.3) is 0 Å². The summed E-state index contributed by atoms with van der Waals surface area (Å²) < 4.78 is 5.06. The van der Waals surface area contributed by atoms with Gasteiger partial charge in [0.25, 0.3) is 5.91 Å². The predicted octanol–water partition coefficient (Wildman–Crippen LogP) is 0.0289. The van der Waals surface area contributed by atoms with Gasteiger partial charge in [-0.3, -0.25) is 14.5 Å². The number of fused-ring (bicyclic) bond motifs is 1. The van der Waals surface area contributed by atoms with Gasteiger partial charge in [-0.2, -0.15) is 0 Å². The van der Waals surface area contributed by atoms with Crippen molar-refractivity contribution in [1.29, 1.82) is 0 Å². The van der Waals surface area contributed by atoms with E-state index >= 15 is 0 Å². The molecule has 0 saturated carbocycles. The van der Waals surface area contributed by atoms with Gasteiger partial charge in [-0.1, -0.05) is 30.3 Å². The van der Waals surface area contributed by atoms with Gasteiger partial charge in [0, 0.05) is 0 Å². The maximum absolute atomic E-state index is 12.4. The Labute approximate surface area is 148 Å². The maximum Gasteiger partial charge on any atom is 0.356 e. The van der Waals surface area contributed by atoms with Gasteiger partial charge in [0.2, 0.25) is 5.91 Å². The number of rotatable bonds is 5. The number of nitrogens with zero attached hydrogens (tertiary/aromatic N) is 1. The van der Waals surface area contributed by atoms with E-state index in [1.54, 1.807) is 24.3 Å². The molecule has 25 heavy (non-hydrogen) atoms. The second kappa shape index (κ2) is 6.77. The maximum atomic E-state index is 12.4. The number of β-lactam (4-membered cyclic amide) rings is 1. The van der Waals surface area contributed by atoms with Crippen LogP contribution in [0.1, 0.15) is 11.6 Å². The van der Waals surface area contributed by atoms with E-state index in [2.05, 4.69) is 5.32 Å². The highest BCUT2D eigenvalue weighted by molar-refractivity contribution is 8.00. The van der Waals surface area contributed by atoms with Crippen LogP contribution in [-0.4, -0.2) is 52.1 Å². The summed E-state index contributed by atoms with van der Waals surface area (Å²) in [7, 11) is 1.36. The minimum Gasteiger partial charge on any atom is -0.498 e. The number of hydrogen-bond donors (Lipinski definition) is 3. The molecule has 9 heteroatoms. The van der Waals surface area contributed by atoms with Gasteiger partial charge < -0.3 is 20.9 Å². The molecule has 1 aromatic carbocycles. The molecule has 1 unspecified atom stereocenters. The molecular formula is C16H17N3O5S. The van der Waals surface area contributed by atoms with E-state index < -0.39 is 35.2 Å². The summed E-state index contributed by atoms with van der Waals surface area (Å²) in [6, 6.07) is 7.10. The molecule has 132 valence electrons. The number of ether oxygens (including phenoxy) is 1. The normalized spacial score (nSPS) is 23.4. The van der Waals surface area contributed by atoms with E-state index in [0.717, 1.165) is 4.90 Å². The fourth-order valence-electron chi connectivity index (χ4n) is 2.80. The number of benzene rings is 1. The molecule has 2 aliphatic heterocycles. The SMILES string of the molecule is COC1=C(C(=O)O)N2C(=O)[C@@H](NC(=O)C(N)c3ccccc3)[C@@H]2SC1. The van der Waals surface area contributed by atoms with Crippen LogP contribution in [0.3, 0.4) is 0 Å². The van der Waals surface area contributed by atoms with E-state index in [-0.39, 0.29) is 11.5 Å². The third kappa shape index (κ3) is 2.96. The lowest BCUT2D eigenvalue weighted by molar-refractivity contribution is -0.151. The number of amides is 2. The fraction of sp³-hybridized carbons (Fsp3) is 0.312. The van der Waals surface area contributed by atoms with Crippen molar-refractivity contribution in [2.45, 2.75) is 17.5 Å². The van der Waals surface area contributed by atoms with Crippen molar-refractivity contribution < 1.29 is 24.2 Å². The first-order valence-electron chi connectivity index (χ1n) is 7.51. The van der Waals surface area contributed by atoms with Crippen molar-refractivity contribution in [1.82, 2.24) is 10.2 Å². The second-order valence-corrected chi connectivity index (χ2v) is 6.67. The second-order valence-electron chi connectivity index (χ2n) is 5.57. The Hall–Kier alpha value is -2.52. The first kappa shape index (κ1) is 17.3. The van der Waals surface area contributed by atoms with Crippen LogP contribution in [0.4, 0.5) is 0 Å². The minimum atomic E-state index is -1.23. The molecule has 1 aromatic rings. The number of thioether (sulfide) groups is 1. The Morgan fingerprint density at radius 2 is 2.08 bits per heavy atom. The van der Waals surface area contributed by atoms with Crippen LogP contribution >= 0.6 is 11.8 Å². The van der Waals surface area contributed by atoms with E-state index in [4.69, 9.17) is 10.5 Å². The zero-order chi connectivity index (χ0) is 18.1. The molecule has 3 rings (SSSR count). The van der Waals surface area contributed by atoms with Gasteiger partial charge in [0.15, 0.2) is 5.70 Å². The Morgan fingerprint density at radius 3 is 2.68 bits per heavy atom. The first-order valence-corrected chi connectivity index (χ1v) is 8.56. The topological polar surface area (TPSA) is 122 Å². The molecule has 3 atom stereocenters. The molecule has 2 aliphatic rings. The molecule has 0 aliphatic carbocycles. The molecule has 1 saturated heterocycles. The Morgan fingerprint density at radius 1 is 1.40 bits per heavy atom. The summed E-state index contributed by atoms with van der Waals surface area (Å²) in [4.78, 5) is 37.3. The van der Waals surface area contributed by atoms with Gasteiger partial charge in [-0.05, 0) is 5.56 Å². The highest BCUT2D eigenvalue weighted by Crippen LogP contribution is 2.40. The highest BCUT2D eigenvalue weighted by atomic mass is 32.2. The quantitative estimate of drug-likeness (QED) is 0.631. The smallest absolute Gasteiger partial charge is 0.356 e. The van der Waals surface area contributed by atoms with Crippen molar-refractivity contribution in [3.05, 3.63) is 47.4 Å². The minimum absolute atomic E-state index is 0.172. The number of carbonyl (C=O) groups is 3. The van der Waals surface area contributed by atoms with E-state index in [1.165, 1.54) is 18.9 Å². The summed E-state index contributed by atoms with van der Waals surface area (Å²) in [6.45, 7) is 0. The number of carboxylic acids is 1. The number of hydrogen-bond acceptors (Lipinski definition) is 6. The van der Waals surface area contributed by atoms with Crippen molar-refractivity contribution >= 4 is 29.5 Å². The van der Waals surface area contributed by atoms with Gasteiger partial charge in [0.05, 0.1) is 12.9 Å². The van der Waals surface area contributed by atoms with Crippen molar-refractivity contribution in [3.8, 4) is 0 Å². The fourth-order valence-corrected chi connectivity index (χ4v) is 4.11. The first-order chi connectivity index (χ1) is 12.0. The summed E-state index contributed by atoms with van der Waals surface area (Å²) in [5.74, 6) is -1.67. The summed E-state index contributed by atoms with van der Waals surface area (Å²) in [5, 5.41) is 11.5. The van der Waals surface area contributed by atoms with E-state index in [1.807, 2.05) is 6.07 Å². The third-order valence-corrected chi connectivity index (χ3v) is 5.37. The van der Waals surface area contributed by atoms with Crippen molar-refractivity contribution in [2.75, 3.05) is 12.9 Å². The van der Waals surface area contributed by atoms with Crippen molar-refractivity contribution in [3.63, 3.8) is 0 Å². The van der Waals surface area contributed by atoms with Gasteiger partial charge in [0.1, 0.15) is 23.2 Å². The van der Waals surface area contributed by atoms with Gasteiger partial charge in [-0.15, -0.1) is 11.8 Å². The average Bonchev–Trinajstić information content (AvgIpc) is 2.64. The van der Waals surface area contributed by atoms with Crippen molar-refractivity contribution in [2.24, 2.45) is 5.73 Å². The van der Waals surface area contributed by atoms with Crippen LogP contribution in [0, 0.1) is 0 Å². The molecule has 8 nitrogen and oxygen atoms in total. The standard InChI is InChI=1S/C16H17N3O5S/c1-24-9-7-25-15-11(14(21)19(15)12(9)16(22)23)18-13(20)10(17)8-5-3-2-4-6-8/h2-6,10-11,15H,7,17H2,1H3,(H,18,20)(H,22,23)/t10?,11-,15+/m1/s1. The number of carboxylic acid groups (broad SMARTS) is 1. The van der Waals surface area contributed by atoms with Crippen LogP contribution < -0.4 is 11.1 Å². The molecule has 0 spiro atoms. The monoisotopic (exact) mass is 363 g/mol. The molecule has 0 bridgehead atoms. The van der Waals surface area contributed by atoms with E-state index in [9.17, 15) is 19.5 Å². The number of carbonyl (C=O) groups excluding carboxylic acids is 2. The highest BCUT2D eigenvalue weighted by Gasteiger charge is 2.54. The molecule has 4 N–H and O–H groups in total. The predicted molar refractivity (Wildman–Crippen MR) is 90.1 cm³/mol. The van der Waals surface area contributed by atoms with Crippen LogP contribution in [0.5, 0.6) is 0 Å². The average molecular weight is 363 g/mol. The lowest BCUT2D eigenvalue weighted by Crippen LogP contribution is -2.71. The summed E-state index contributed by atoms with van der Waals surface area (Å²) in [6.07, 6.45) is 0. The van der Waals surface area contributed by atoms with Crippen LogP contribution in [0.15, 0.2) is 41.8 Å². The van der Waals surface area contributed by atoms with E-state index in [0.29, 0.717) is 11.3 Å². The van der Waals surface area contributed by atoms with Crippen LogP contribution in [-0.2, 0) is 19.1 Å². The molecule has 1 fully saturated rings. The number of nitrogens with two attached hydrogens (primary N) is 1. The number of nitrogens with one attached hydrogen (secondary N) is 1. The van der Waals surface area contributed by atoms with Gasteiger partial charge in [-0.25, -0.2) is 4.79 Å². The lowest BCUT2D eigenvalue weighted by atomic mass is 10.0. The van der Waals surface area contributed by atoms with Gasteiger partial charge >= 0.3 is 5.97 Å². The Kier molecular flexibility index (Phi) is 4.69. The lowest BCUT2D eigenvalue weighted by Gasteiger charge is -2.49. The summed E-state index contributed by atoms with van der Waals surface area (Å²) >= 11 is 1.33. The molecular weight excluding hydrogens is 346 g/mol. The zero-order valence-corrected chi connectivity index (χ0v) is 14.2. The Bertz CT molecular complexity index is 751. The molecule has 2 heterocycles. The Balaban J connectivity index is 1.73. The summed E-state index contributed by atoms with van der Waals surface area (Å²) in [5.41, 5.74) is 6.39. The molecule has 0 radical (unpaired) electrons. The van der Waals surface area contributed by atoms with Crippen LogP contribution in [0.2, 0.25) is 0 Å². The third-order valence-electron chi connectivity index (χ3n) is 4.12. The molecule has 2 amide bonds. The molecule has 0 aromatic heterocycles. The zero-order valence-electron chi connectivity index (χ0n) is 13.3. The largest absolute Gasteiger partial charge is 0.498 e. The number of aliphatic carboxylic acids is 1.